The summed E-state index contributed by atoms with van der Waals surface area (Å²) in [4.78, 5) is 0. The van der Waals surface area contributed by atoms with Crippen molar-refractivity contribution in [1.29, 1.82) is 0 Å². The van der Waals surface area contributed by atoms with Gasteiger partial charge in [-0.05, 0) is 24.6 Å². The third-order valence-corrected chi connectivity index (χ3v) is 1.84. The SMILES string of the molecule is COC1=CC(C)=C(OC)C=CC1. The van der Waals surface area contributed by atoms with Gasteiger partial charge in [0.05, 0.1) is 20.0 Å². The summed E-state index contributed by atoms with van der Waals surface area (Å²) in [5.74, 6) is 1.87. The molecule has 1 rings (SSSR count). The van der Waals surface area contributed by atoms with E-state index in [2.05, 4.69) is 0 Å². The van der Waals surface area contributed by atoms with Crippen molar-refractivity contribution >= 4 is 0 Å². The second-order valence-corrected chi connectivity index (χ2v) is 2.67. The van der Waals surface area contributed by atoms with Gasteiger partial charge in [-0.25, -0.2) is 0 Å². The lowest BCUT2D eigenvalue weighted by atomic mass is 10.2. The zero-order valence-corrected chi connectivity index (χ0v) is 7.76. The lowest BCUT2D eigenvalue weighted by Gasteiger charge is -2.02. The van der Waals surface area contributed by atoms with Crippen LogP contribution in [0.4, 0.5) is 0 Å². The lowest BCUT2D eigenvalue weighted by molar-refractivity contribution is 0.284. The van der Waals surface area contributed by atoms with E-state index in [4.69, 9.17) is 9.47 Å². The number of rotatable bonds is 2. The highest BCUT2D eigenvalue weighted by molar-refractivity contribution is 5.32. The molecule has 0 unspecified atom stereocenters. The maximum Gasteiger partial charge on any atom is 0.121 e. The highest BCUT2D eigenvalue weighted by Crippen LogP contribution is 2.17. The third-order valence-electron chi connectivity index (χ3n) is 1.84. The number of methoxy groups -OCH3 is 2. The topological polar surface area (TPSA) is 18.5 Å². The molecule has 0 atom stereocenters. The summed E-state index contributed by atoms with van der Waals surface area (Å²) in [5.41, 5.74) is 1.10. The molecule has 0 bridgehead atoms. The predicted molar refractivity (Wildman–Crippen MR) is 48.6 cm³/mol. The first kappa shape index (κ1) is 8.91. The van der Waals surface area contributed by atoms with Crippen molar-refractivity contribution in [3.05, 3.63) is 35.3 Å². The zero-order valence-electron chi connectivity index (χ0n) is 7.76. The molecule has 0 aliphatic heterocycles. The van der Waals surface area contributed by atoms with Crippen molar-refractivity contribution in [1.82, 2.24) is 0 Å². The summed E-state index contributed by atoms with van der Waals surface area (Å²) < 4.78 is 10.3. The molecular weight excluding hydrogens is 152 g/mol. The summed E-state index contributed by atoms with van der Waals surface area (Å²) in [6.07, 6.45) is 6.84. The van der Waals surface area contributed by atoms with Crippen LogP contribution in [0, 0.1) is 0 Å². The quantitative estimate of drug-likeness (QED) is 0.627. The fraction of sp³-hybridized carbons (Fsp3) is 0.400. The van der Waals surface area contributed by atoms with Gasteiger partial charge in [-0.15, -0.1) is 0 Å². The minimum Gasteiger partial charge on any atom is -0.501 e. The molecule has 0 fully saturated rings. The molecule has 0 amide bonds. The molecule has 1 aliphatic carbocycles. The molecule has 0 spiro atoms. The summed E-state index contributed by atoms with van der Waals surface area (Å²) >= 11 is 0. The van der Waals surface area contributed by atoms with Gasteiger partial charge < -0.3 is 9.47 Å². The Balaban J connectivity index is 2.92. The van der Waals surface area contributed by atoms with Gasteiger partial charge in [0.25, 0.3) is 0 Å². The van der Waals surface area contributed by atoms with Crippen molar-refractivity contribution in [2.24, 2.45) is 0 Å². The third kappa shape index (κ3) is 1.91. The Labute approximate surface area is 73.2 Å². The molecular formula is C10H14O2. The van der Waals surface area contributed by atoms with Crippen LogP contribution < -0.4 is 0 Å². The van der Waals surface area contributed by atoms with Gasteiger partial charge in [0.15, 0.2) is 0 Å². The number of ether oxygens (including phenoxy) is 2. The highest BCUT2D eigenvalue weighted by atomic mass is 16.5. The molecule has 1 aliphatic rings. The summed E-state index contributed by atoms with van der Waals surface area (Å²) in [6.45, 7) is 2.01. The molecule has 0 saturated heterocycles. The Kier molecular flexibility index (Phi) is 2.97. The molecule has 0 aromatic heterocycles. The van der Waals surface area contributed by atoms with E-state index < -0.39 is 0 Å². The first-order valence-corrected chi connectivity index (χ1v) is 3.94. The minimum absolute atomic E-state index is 0.834. The van der Waals surface area contributed by atoms with E-state index >= 15 is 0 Å². The van der Waals surface area contributed by atoms with Crippen LogP contribution in [0.2, 0.25) is 0 Å². The normalized spacial score (nSPS) is 17.1. The van der Waals surface area contributed by atoms with Crippen molar-refractivity contribution in [3.8, 4) is 0 Å². The van der Waals surface area contributed by atoms with Gasteiger partial charge in [-0.3, -0.25) is 0 Å². The predicted octanol–water partition coefficient (Wildman–Crippen LogP) is 2.40. The molecule has 0 aromatic rings. The van der Waals surface area contributed by atoms with E-state index in [0.717, 1.165) is 23.5 Å². The van der Waals surface area contributed by atoms with Crippen LogP contribution in [-0.2, 0) is 9.47 Å². The van der Waals surface area contributed by atoms with Crippen LogP contribution in [0.3, 0.4) is 0 Å². The fourth-order valence-electron chi connectivity index (χ4n) is 1.16. The van der Waals surface area contributed by atoms with Gasteiger partial charge in [0, 0.05) is 6.42 Å². The summed E-state index contributed by atoms with van der Waals surface area (Å²) in [5, 5.41) is 0. The second-order valence-electron chi connectivity index (χ2n) is 2.67. The van der Waals surface area contributed by atoms with E-state index in [1.807, 2.05) is 25.2 Å². The van der Waals surface area contributed by atoms with Gasteiger partial charge in [-0.1, -0.05) is 6.08 Å². The average molecular weight is 166 g/mol. The Morgan fingerprint density at radius 1 is 1.25 bits per heavy atom. The maximum absolute atomic E-state index is 5.17. The monoisotopic (exact) mass is 166 g/mol. The first-order valence-electron chi connectivity index (χ1n) is 3.94. The van der Waals surface area contributed by atoms with Gasteiger partial charge >= 0.3 is 0 Å². The van der Waals surface area contributed by atoms with Crippen LogP contribution in [-0.4, -0.2) is 14.2 Å². The molecule has 0 saturated carbocycles. The van der Waals surface area contributed by atoms with Crippen molar-refractivity contribution in [3.63, 3.8) is 0 Å². The highest BCUT2D eigenvalue weighted by Gasteiger charge is 2.03. The van der Waals surface area contributed by atoms with E-state index in [0.29, 0.717) is 0 Å². The molecule has 12 heavy (non-hydrogen) atoms. The molecule has 0 N–H and O–H groups in total. The average Bonchev–Trinajstić information content (AvgIpc) is 2.26. The van der Waals surface area contributed by atoms with Crippen LogP contribution in [0.25, 0.3) is 0 Å². The summed E-state index contributed by atoms with van der Waals surface area (Å²) in [7, 11) is 3.36. The standard InChI is InChI=1S/C10H14O2/c1-8-7-9(11-2)5-4-6-10(8)12-3/h4,6-7H,5H2,1-3H3. The largest absolute Gasteiger partial charge is 0.501 e. The Bertz CT molecular complexity index is 247. The molecule has 66 valence electrons. The van der Waals surface area contributed by atoms with Crippen LogP contribution in [0.1, 0.15) is 13.3 Å². The fourth-order valence-corrected chi connectivity index (χ4v) is 1.16. The van der Waals surface area contributed by atoms with Gasteiger partial charge in [-0.2, -0.15) is 0 Å². The van der Waals surface area contributed by atoms with E-state index in [9.17, 15) is 0 Å². The van der Waals surface area contributed by atoms with E-state index in [1.165, 1.54) is 0 Å². The van der Waals surface area contributed by atoms with Crippen molar-refractivity contribution in [2.75, 3.05) is 14.2 Å². The van der Waals surface area contributed by atoms with Crippen LogP contribution in [0.5, 0.6) is 0 Å². The number of hydrogen-bond donors (Lipinski definition) is 0. The lowest BCUT2D eigenvalue weighted by Crippen LogP contribution is -1.86. The Hall–Kier alpha value is -1.18. The summed E-state index contributed by atoms with van der Waals surface area (Å²) in [6, 6.07) is 0. The van der Waals surface area contributed by atoms with E-state index in [1.54, 1.807) is 14.2 Å². The number of allylic oxidation sites excluding steroid dienone is 4. The van der Waals surface area contributed by atoms with Gasteiger partial charge in [0.1, 0.15) is 5.76 Å². The maximum atomic E-state index is 5.17. The van der Waals surface area contributed by atoms with Crippen molar-refractivity contribution in [2.45, 2.75) is 13.3 Å². The van der Waals surface area contributed by atoms with Crippen molar-refractivity contribution < 1.29 is 9.47 Å². The van der Waals surface area contributed by atoms with Crippen LogP contribution in [0.15, 0.2) is 35.3 Å². The molecule has 2 heteroatoms. The molecule has 0 radical (unpaired) electrons. The number of hydrogen-bond acceptors (Lipinski definition) is 2. The minimum atomic E-state index is 0.834. The zero-order chi connectivity index (χ0) is 8.97. The molecule has 0 heterocycles. The second kappa shape index (κ2) is 4.00. The van der Waals surface area contributed by atoms with E-state index in [-0.39, 0.29) is 0 Å². The molecule has 2 nitrogen and oxygen atoms in total. The Morgan fingerprint density at radius 2 is 2.00 bits per heavy atom. The van der Waals surface area contributed by atoms with Gasteiger partial charge in [0.2, 0.25) is 0 Å². The van der Waals surface area contributed by atoms with Crippen LogP contribution >= 0.6 is 0 Å². The Morgan fingerprint density at radius 3 is 2.58 bits per heavy atom. The first-order chi connectivity index (χ1) is 5.77. The smallest absolute Gasteiger partial charge is 0.121 e. The molecule has 0 aromatic carbocycles.